The number of H-pyrrole nitrogens is 6. The van der Waals surface area contributed by atoms with Crippen LogP contribution in [0.3, 0.4) is 0 Å². The van der Waals surface area contributed by atoms with Gasteiger partial charge in [-0.15, -0.1) is 0 Å². The summed E-state index contributed by atoms with van der Waals surface area (Å²) in [5.41, 5.74) is 5.40. The summed E-state index contributed by atoms with van der Waals surface area (Å²) < 4.78 is 0.496. The van der Waals surface area contributed by atoms with Crippen LogP contribution in [0.25, 0.3) is 22.5 Å². The number of aliphatic carboxylic acids is 3. The van der Waals surface area contributed by atoms with Crippen LogP contribution in [0, 0.1) is 9.54 Å². The second-order valence-electron chi connectivity index (χ2n) is 7.73. The quantitative estimate of drug-likeness (QED) is 0.0903. The van der Waals surface area contributed by atoms with E-state index in [2.05, 4.69) is 50.8 Å². The molecule has 0 bridgehead atoms. The van der Waals surface area contributed by atoms with Crippen molar-refractivity contribution in [3.05, 3.63) is 69.0 Å². The zero-order valence-electron chi connectivity index (χ0n) is 22.6. The predicted octanol–water partition coefficient (Wildman–Crippen LogP) is -0.593. The number of nitrogens with one attached hydrogen (secondary N) is 6. The van der Waals surface area contributed by atoms with Crippen LogP contribution in [-0.4, -0.2) is 58.7 Å². The van der Waals surface area contributed by atoms with Crippen molar-refractivity contribution in [2.75, 3.05) is 0 Å². The molecule has 0 amide bonds. The van der Waals surface area contributed by atoms with Crippen LogP contribution in [0.2, 0.25) is 0 Å². The van der Waals surface area contributed by atoms with Crippen LogP contribution in [0.15, 0.2) is 58.5 Å². The molecule has 0 aliphatic carbocycles. The number of hydrogen-bond donors (Lipinski definition) is 6. The first-order valence-electron chi connectivity index (χ1n) is 11.6. The number of fused-ring (bicyclic) bond motifs is 6. The average Bonchev–Trinajstić information content (AvgIpc) is 3.44. The van der Waals surface area contributed by atoms with Gasteiger partial charge in [0.15, 0.2) is 11.0 Å². The molecule has 2 aliphatic heterocycles. The van der Waals surface area contributed by atoms with Crippen LogP contribution < -0.4 is 26.3 Å². The first-order valence-corrected chi connectivity index (χ1v) is 12.4. The number of para-hydroxylation sites is 2. The van der Waals surface area contributed by atoms with Gasteiger partial charge in [-0.2, -0.15) is 10.2 Å². The molecular formula is C24H23MnN10O6S2. The molecule has 2 aromatic carbocycles. The number of aromatic nitrogens is 8. The summed E-state index contributed by atoms with van der Waals surface area (Å²) in [6, 6.07) is 15.3. The van der Waals surface area contributed by atoms with E-state index in [1.807, 2.05) is 48.5 Å². The predicted molar refractivity (Wildman–Crippen MR) is 147 cm³/mol. The summed E-state index contributed by atoms with van der Waals surface area (Å²) in [7, 11) is 0. The van der Waals surface area contributed by atoms with Crippen LogP contribution in [0.5, 0.6) is 0 Å². The van der Waals surface area contributed by atoms with E-state index in [1.165, 1.54) is 0 Å². The number of benzene rings is 2. The topological polar surface area (TPSA) is 266 Å². The van der Waals surface area contributed by atoms with Gasteiger partial charge in [-0.05, 0) is 57.3 Å². The van der Waals surface area contributed by atoms with Gasteiger partial charge in [0.2, 0.25) is 9.54 Å². The fourth-order valence-electron chi connectivity index (χ4n) is 3.05. The Morgan fingerprint density at radius 1 is 0.605 bits per heavy atom. The van der Waals surface area contributed by atoms with E-state index in [-0.39, 0.29) is 26.6 Å². The molecule has 1 aromatic heterocycles. The SMILES string of the molecule is CC(=O)[O-].CC(=O)[O-].CC(=O)[O-].S=c1[nH]nc2c([nH][nH]c(=S)[nH][nH]c3c(n[nH]1)-c1ccccc1N=3)=Nc1ccccc1-2.[Mn+3]. The Balaban J connectivity index is 0.000000612. The normalized spacial score (nSPS) is 9.74. The molecule has 43 heavy (non-hydrogen) atoms. The number of carbonyl (C=O) groups excluding carboxylic acids is 3. The zero-order chi connectivity index (χ0) is 31.2. The molecule has 224 valence electrons. The van der Waals surface area contributed by atoms with Gasteiger partial charge in [-0.1, -0.05) is 36.4 Å². The third-order valence-corrected chi connectivity index (χ3v) is 4.75. The Morgan fingerprint density at radius 2 is 0.930 bits per heavy atom. The average molecular weight is 667 g/mol. The van der Waals surface area contributed by atoms with E-state index < -0.39 is 17.9 Å². The second-order valence-corrected chi connectivity index (χ2v) is 8.55. The molecular weight excluding hydrogens is 643 g/mol. The maximum absolute atomic E-state index is 8.89. The molecule has 6 N–H and O–H groups in total. The van der Waals surface area contributed by atoms with Crippen molar-refractivity contribution >= 4 is 53.7 Å². The van der Waals surface area contributed by atoms with Crippen molar-refractivity contribution in [3.63, 3.8) is 0 Å². The van der Waals surface area contributed by atoms with E-state index in [9.17, 15) is 0 Å². The Labute approximate surface area is 262 Å². The van der Waals surface area contributed by atoms with Gasteiger partial charge in [0.1, 0.15) is 11.4 Å². The van der Waals surface area contributed by atoms with Crippen LogP contribution >= 0.6 is 24.4 Å². The van der Waals surface area contributed by atoms with E-state index in [1.54, 1.807) is 0 Å². The van der Waals surface area contributed by atoms with Gasteiger partial charge in [-0.3, -0.25) is 30.6 Å². The standard InChI is InChI=1S/C18H14N10S2.3C2H4O2.Mn/c29-17-25-21-13-9-5-1-3-7-11(9)19-15(13)23-27-18(30)28-24-16-14(22-26-17)10-6-2-4-8-12(10)20-16;3*1-2(3)4;/h1-8H,(H,19,23)(H,20,24)(H2,25,26,29)(H2,27,28,30);3*1H3,(H,3,4);/q;;;;+3/p-3. The zero-order valence-corrected chi connectivity index (χ0v) is 25.4. The Hall–Kier alpha value is -4.97. The molecule has 5 rings (SSSR count). The monoisotopic (exact) mass is 666 g/mol. The first kappa shape index (κ1) is 36.1. The van der Waals surface area contributed by atoms with Crippen molar-refractivity contribution in [1.29, 1.82) is 0 Å². The molecule has 0 saturated carbocycles. The van der Waals surface area contributed by atoms with E-state index in [4.69, 9.17) is 54.1 Å². The third-order valence-electron chi connectivity index (χ3n) is 4.36. The number of nitrogens with zero attached hydrogens (tertiary/aromatic N) is 4. The van der Waals surface area contributed by atoms with Crippen LogP contribution in [-0.2, 0) is 31.5 Å². The molecule has 0 unspecified atom stereocenters. The van der Waals surface area contributed by atoms with Crippen molar-refractivity contribution < 1.29 is 46.8 Å². The summed E-state index contributed by atoms with van der Waals surface area (Å²) in [6.07, 6.45) is 0. The van der Waals surface area contributed by atoms with Gasteiger partial charge in [0.25, 0.3) is 0 Å². The van der Waals surface area contributed by atoms with E-state index in [0.29, 0.717) is 22.4 Å². The number of aromatic amines is 6. The van der Waals surface area contributed by atoms with Gasteiger partial charge in [-0.25, -0.2) is 9.98 Å². The number of hydrogen-bond acceptors (Lipinski definition) is 12. The molecule has 2 aliphatic rings. The molecule has 0 spiro atoms. The molecule has 0 atom stereocenters. The fraction of sp³-hybridized carbons (Fsp3) is 0.125. The van der Waals surface area contributed by atoms with Crippen molar-refractivity contribution in [2.45, 2.75) is 20.8 Å². The maximum Gasteiger partial charge on any atom is 3.00 e. The van der Waals surface area contributed by atoms with Gasteiger partial charge < -0.3 is 29.7 Å². The smallest absolute Gasteiger partial charge is 0.550 e. The molecule has 0 radical (unpaired) electrons. The number of carboxylic acid groups (broad SMARTS) is 3. The molecule has 19 heteroatoms. The Kier molecular flexibility index (Phi) is 14.9. The van der Waals surface area contributed by atoms with Gasteiger partial charge in [0, 0.05) is 29.0 Å². The van der Waals surface area contributed by atoms with Crippen LogP contribution in [0.4, 0.5) is 11.4 Å². The second kappa shape index (κ2) is 17.8. The first-order chi connectivity index (χ1) is 19.9. The summed E-state index contributed by atoms with van der Waals surface area (Å²) in [5.74, 6) is -3.25. The molecule has 0 saturated heterocycles. The van der Waals surface area contributed by atoms with E-state index in [0.717, 1.165) is 43.3 Å². The fourth-order valence-corrected chi connectivity index (χ4v) is 3.24. The van der Waals surface area contributed by atoms with Crippen molar-refractivity contribution in [2.24, 2.45) is 9.98 Å². The molecule has 0 fully saturated rings. The summed E-state index contributed by atoms with van der Waals surface area (Å²) in [6.45, 7) is 2.92. The largest absolute Gasteiger partial charge is 3.00 e. The summed E-state index contributed by atoms with van der Waals surface area (Å²) in [5, 5.41) is 52.8. The Morgan fingerprint density at radius 3 is 1.28 bits per heavy atom. The van der Waals surface area contributed by atoms with E-state index >= 15 is 0 Å². The van der Waals surface area contributed by atoms with Crippen LogP contribution in [0.1, 0.15) is 20.8 Å². The maximum atomic E-state index is 8.89. The van der Waals surface area contributed by atoms with Gasteiger partial charge >= 0.3 is 17.1 Å². The number of rotatable bonds is 0. The minimum atomic E-state index is -1.08. The van der Waals surface area contributed by atoms with Gasteiger partial charge in [0.05, 0.1) is 11.4 Å². The molecule has 3 heterocycles. The number of carboxylic acids is 3. The minimum absolute atomic E-state index is 0. The Bertz CT molecular complexity index is 1730. The number of carbonyl (C=O) groups is 3. The molecule has 3 aromatic rings. The minimum Gasteiger partial charge on any atom is -0.550 e. The molecule has 16 nitrogen and oxygen atoms in total. The van der Waals surface area contributed by atoms with Crippen molar-refractivity contribution in [1.82, 2.24) is 40.8 Å². The summed E-state index contributed by atoms with van der Waals surface area (Å²) >= 11 is 10.6. The van der Waals surface area contributed by atoms with Crippen molar-refractivity contribution in [3.8, 4) is 22.5 Å². The summed E-state index contributed by atoms with van der Waals surface area (Å²) in [4.78, 5) is 35.7. The third kappa shape index (κ3) is 12.2.